The molecule has 0 fully saturated rings. The van der Waals surface area contributed by atoms with Crippen molar-refractivity contribution in [3.63, 3.8) is 0 Å². The van der Waals surface area contributed by atoms with Crippen LogP contribution in [0.25, 0.3) is 11.1 Å². The van der Waals surface area contributed by atoms with Gasteiger partial charge in [-0.25, -0.2) is 0 Å². The molecule has 0 saturated carbocycles. The predicted octanol–water partition coefficient (Wildman–Crippen LogP) is -2.93. The van der Waals surface area contributed by atoms with Gasteiger partial charge < -0.3 is 29.6 Å². The number of benzene rings is 2. The Hall–Kier alpha value is -0.297. The zero-order valence-corrected chi connectivity index (χ0v) is 13.8. The first-order valence-electron chi connectivity index (χ1n) is 5.06. The van der Waals surface area contributed by atoms with Crippen LogP contribution < -0.4 is 29.6 Å². The van der Waals surface area contributed by atoms with E-state index in [4.69, 9.17) is 4.74 Å². The third-order valence-corrected chi connectivity index (χ3v) is 2.90. The van der Waals surface area contributed by atoms with E-state index in [0.717, 1.165) is 12.2 Å². The minimum atomic E-state index is 0. The number of fused-ring (bicyclic) bond motifs is 3. The van der Waals surface area contributed by atoms with Crippen LogP contribution in [-0.4, -0.2) is 7.11 Å². The maximum atomic E-state index is 5.18. The standard InChI is InChI=1S/C14H11O.2ClH.Zr/c1-15-12-6-7-14-11(9-12)8-10-4-2-3-5-13(10)14;;;/h2-7H,8H2,1H3;2*1H;/q-1;;;+3/p-2. The van der Waals surface area contributed by atoms with Crippen molar-refractivity contribution in [1.29, 1.82) is 0 Å². The maximum Gasteiger partial charge on any atom is 3.00 e. The van der Waals surface area contributed by atoms with Gasteiger partial charge in [0.2, 0.25) is 0 Å². The minimum absolute atomic E-state index is 0. The molecule has 0 N–H and O–H groups in total. The molecule has 1 radical (unpaired) electrons. The van der Waals surface area contributed by atoms with Crippen molar-refractivity contribution in [3.8, 4) is 16.9 Å². The normalized spacial score (nSPS) is 10.1. The quantitative estimate of drug-likeness (QED) is 0.424. The Balaban J connectivity index is 0.000000963. The van der Waals surface area contributed by atoms with Crippen LogP contribution in [0, 0.1) is 6.07 Å². The minimum Gasteiger partial charge on any atom is -1.00 e. The van der Waals surface area contributed by atoms with E-state index in [-0.39, 0.29) is 51.0 Å². The molecule has 0 atom stereocenters. The molecule has 0 heterocycles. The Labute approximate surface area is 139 Å². The summed E-state index contributed by atoms with van der Waals surface area (Å²) in [5.41, 5.74) is 5.27. The van der Waals surface area contributed by atoms with E-state index in [0.29, 0.717) is 0 Å². The molecule has 2 aromatic carbocycles. The first-order chi connectivity index (χ1) is 7.38. The van der Waals surface area contributed by atoms with E-state index in [1.165, 1.54) is 22.3 Å². The van der Waals surface area contributed by atoms with Crippen LogP contribution in [0.5, 0.6) is 5.75 Å². The molecule has 0 saturated heterocycles. The fraction of sp³-hybridized carbons (Fsp3) is 0.143. The van der Waals surface area contributed by atoms with Gasteiger partial charge in [-0.2, -0.15) is 6.07 Å². The molecule has 91 valence electrons. The number of methoxy groups -OCH3 is 1. The number of rotatable bonds is 1. The summed E-state index contributed by atoms with van der Waals surface area (Å²) in [4.78, 5) is 0. The molecule has 18 heavy (non-hydrogen) atoms. The van der Waals surface area contributed by atoms with E-state index >= 15 is 0 Å². The molecule has 0 aliphatic heterocycles. The molecule has 0 aromatic heterocycles. The summed E-state index contributed by atoms with van der Waals surface area (Å²) >= 11 is 0. The molecule has 0 spiro atoms. The Morgan fingerprint density at radius 3 is 2.44 bits per heavy atom. The molecule has 1 aliphatic rings. The first-order valence-corrected chi connectivity index (χ1v) is 5.06. The number of hydrogen-bond donors (Lipinski definition) is 0. The first kappa shape index (κ1) is 17.7. The van der Waals surface area contributed by atoms with Gasteiger partial charge in [-0.3, -0.25) is 0 Å². The fourth-order valence-corrected chi connectivity index (χ4v) is 2.16. The van der Waals surface area contributed by atoms with E-state index < -0.39 is 0 Å². The van der Waals surface area contributed by atoms with Gasteiger partial charge in [-0.15, -0.1) is 23.3 Å². The average Bonchev–Trinajstić information content (AvgIpc) is 2.66. The van der Waals surface area contributed by atoms with Gasteiger partial charge in [-0.05, 0) is 6.42 Å². The molecule has 1 aliphatic carbocycles. The summed E-state index contributed by atoms with van der Waals surface area (Å²) in [5.74, 6) is 0.821. The third-order valence-electron chi connectivity index (χ3n) is 2.90. The van der Waals surface area contributed by atoms with Crippen molar-refractivity contribution in [2.45, 2.75) is 6.42 Å². The number of ether oxygens (including phenoxy) is 1. The van der Waals surface area contributed by atoms with Gasteiger partial charge in [0.25, 0.3) is 0 Å². The molecule has 0 amide bonds. The predicted molar refractivity (Wildman–Crippen MR) is 60.1 cm³/mol. The molecular weight excluding hydrogens is 346 g/mol. The fourth-order valence-electron chi connectivity index (χ4n) is 2.16. The molecule has 0 unspecified atom stereocenters. The summed E-state index contributed by atoms with van der Waals surface area (Å²) in [6.45, 7) is 0. The van der Waals surface area contributed by atoms with Crippen molar-refractivity contribution >= 4 is 0 Å². The van der Waals surface area contributed by atoms with Crippen molar-refractivity contribution in [3.05, 3.63) is 53.6 Å². The molecule has 4 heteroatoms. The second-order valence-electron chi connectivity index (χ2n) is 3.75. The summed E-state index contributed by atoms with van der Waals surface area (Å²) in [6.07, 6.45) is 0.975. The summed E-state index contributed by atoms with van der Waals surface area (Å²) in [7, 11) is 1.68. The Morgan fingerprint density at radius 1 is 1.00 bits per heavy atom. The zero-order chi connectivity index (χ0) is 10.3. The Bertz CT molecular complexity index is 529. The molecule has 1 nitrogen and oxygen atoms in total. The van der Waals surface area contributed by atoms with Crippen molar-refractivity contribution in [2.75, 3.05) is 7.11 Å². The van der Waals surface area contributed by atoms with E-state index in [1.54, 1.807) is 7.11 Å². The van der Waals surface area contributed by atoms with E-state index in [1.807, 2.05) is 6.07 Å². The SMILES string of the molecule is COc1[c-]c2c(cc1)-c1ccccc1C2.[Cl-].[Cl-].[Zr+3]. The van der Waals surface area contributed by atoms with Crippen LogP contribution in [0.3, 0.4) is 0 Å². The van der Waals surface area contributed by atoms with Gasteiger partial charge in [-0.1, -0.05) is 35.4 Å². The van der Waals surface area contributed by atoms with Crippen molar-refractivity contribution in [1.82, 2.24) is 0 Å². The topological polar surface area (TPSA) is 9.23 Å². The van der Waals surface area contributed by atoms with E-state index in [9.17, 15) is 0 Å². The zero-order valence-electron chi connectivity index (χ0n) is 9.84. The number of halogens is 2. The summed E-state index contributed by atoms with van der Waals surface area (Å²) in [6, 6.07) is 15.9. The monoisotopic (exact) mass is 355 g/mol. The van der Waals surface area contributed by atoms with Crippen LogP contribution in [0.15, 0.2) is 36.4 Å². The van der Waals surface area contributed by atoms with Crippen LogP contribution in [0.4, 0.5) is 0 Å². The van der Waals surface area contributed by atoms with Crippen LogP contribution in [-0.2, 0) is 32.6 Å². The Kier molecular flexibility index (Phi) is 7.21. The maximum absolute atomic E-state index is 5.18. The van der Waals surface area contributed by atoms with Crippen molar-refractivity contribution < 1.29 is 55.8 Å². The third kappa shape index (κ3) is 2.99. The Morgan fingerprint density at radius 2 is 1.72 bits per heavy atom. The van der Waals surface area contributed by atoms with Crippen LogP contribution >= 0.6 is 0 Å². The molecule has 2 aromatic rings. The summed E-state index contributed by atoms with van der Waals surface area (Å²) in [5, 5.41) is 0. The molecular formula is C14H11Cl2OZr. The smallest absolute Gasteiger partial charge is 1.00 e. The van der Waals surface area contributed by atoms with Gasteiger partial charge in [0, 0.05) is 5.75 Å². The van der Waals surface area contributed by atoms with Gasteiger partial charge >= 0.3 is 26.2 Å². The second-order valence-corrected chi connectivity index (χ2v) is 3.75. The number of hydrogen-bond acceptors (Lipinski definition) is 1. The van der Waals surface area contributed by atoms with E-state index in [2.05, 4.69) is 36.4 Å². The molecule has 0 bridgehead atoms. The van der Waals surface area contributed by atoms with Gasteiger partial charge in [0.1, 0.15) is 0 Å². The average molecular weight is 357 g/mol. The van der Waals surface area contributed by atoms with Crippen molar-refractivity contribution in [2.24, 2.45) is 0 Å². The van der Waals surface area contributed by atoms with Crippen LogP contribution in [0.2, 0.25) is 0 Å². The largest absolute Gasteiger partial charge is 3.00 e. The van der Waals surface area contributed by atoms with Gasteiger partial charge in [0.15, 0.2) is 0 Å². The van der Waals surface area contributed by atoms with Gasteiger partial charge in [0.05, 0.1) is 7.11 Å². The second kappa shape index (κ2) is 7.33. The molecule has 3 rings (SSSR count). The summed E-state index contributed by atoms with van der Waals surface area (Å²) < 4.78 is 5.18. The van der Waals surface area contributed by atoms with Crippen LogP contribution in [0.1, 0.15) is 11.1 Å².